The second-order valence-corrected chi connectivity index (χ2v) is 8.09. The van der Waals surface area contributed by atoms with Gasteiger partial charge in [-0.2, -0.15) is 23.5 Å². The number of alkyl halides is 3. The quantitative estimate of drug-likeness (QED) is 0.435. The van der Waals surface area contributed by atoms with Gasteiger partial charge in [-0.05, 0) is 18.6 Å². The molecular weight excluding hydrogens is 452 g/mol. The van der Waals surface area contributed by atoms with Crippen molar-refractivity contribution in [1.29, 1.82) is 5.26 Å². The molecule has 1 fully saturated rings. The van der Waals surface area contributed by atoms with E-state index < -0.39 is 17.6 Å². The zero-order chi connectivity index (χ0) is 23.9. The van der Waals surface area contributed by atoms with Crippen molar-refractivity contribution >= 4 is 16.9 Å². The second-order valence-electron chi connectivity index (χ2n) is 8.09. The van der Waals surface area contributed by atoms with Crippen LogP contribution in [0.4, 0.5) is 23.4 Å². The van der Waals surface area contributed by atoms with E-state index in [1.165, 1.54) is 11.2 Å². The van der Waals surface area contributed by atoms with Crippen LogP contribution in [-0.4, -0.2) is 42.8 Å². The van der Waals surface area contributed by atoms with Crippen LogP contribution < -0.4 is 4.90 Å². The van der Waals surface area contributed by atoms with Gasteiger partial charge in [-0.25, -0.2) is 19.3 Å². The SMILES string of the molecule is N#CCC(C1CCN(c2nccc(C(F)(F)F)c2F)C1)n1cc(-c2ncnc3[nH]ccc23)cn1. The van der Waals surface area contributed by atoms with E-state index in [-0.39, 0.29) is 30.7 Å². The maximum Gasteiger partial charge on any atom is 0.419 e. The molecule has 2 atom stereocenters. The lowest BCUT2D eigenvalue weighted by Crippen LogP contribution is -2.27. The van der Waals surface area contributed by atoms with Crippen LogP contribution in [0.25, 0.3) is 22.3 Å². The molecule has 0 radical (unpaired) electrons. The number of anilines is 1. The molecule has 1 N–H and O–H groups in total. The molecule has 5 heterocycles. The molecule has 0 bridgehead atoms. The van der Waals surface area contributed by atoms with E-state index in [1.807, 2.05) is 6.07 Å². The lowest BCUT2D eigenvalue weighted by Gasteiger charge is -2.23. The molecule has 1 saturated heterocycles. The highest BCUT2D eigenvalue weighted by molar-refractivity contribution is 5.89. The van der Waals surface area contributed by atoms with Crippen molar-refractivity contribution in [3.63, 3.8) is 0 Å². The van der Waals surface area contributed by atoms with Crippen LogP contribution in [0, 0.1) is 23.1 Å². The van der Waals surface area contributed by atoms with Crippen molar-refractivity contribution in [3.8, 4) is 17.3 Å². The number of halogens is 4. The molecule has 174 valence electrons. The van der Waals surface area contributed by atoms with E-state index in [1.54, 1.807) is 23.3 Å². The van der Waals surface area contributed by atoms with Gasteiger partial charge >= 0.3 is 6.18 Å². The standard InChI is InChI=1S/C22H18F4N8/c23-18-16(22(24,25)26)3-7-29-21(18)33-8-4-13(10-33)17(1-5-27)34-11-14(9-32-34)19-15-2-6-28-20(15)31-12-30-19/h2-3,6-7,9,11-13,17H,1,4,8,10H2,(H,28,30,31). The number of rotatable bonds is 5. The highest BCUT2D eigenvalue weighted by Crippen LogP contribution is 2.37. The first-order valence-corrected chi connectivity index (χ1v) is 10.5. The Labute approximate surface area is 190 Å². The molecule has 0 aliphatic carbocycles. The third-order valence-corrected chi connectivity index (χ3v) is 6.11. The predicted molar refractivity (Wildman–Crippen MR) is 114 cm³/mol. The highest BCUT2D eigenvalue weighted by Gasteiger charge is 2.38. The van der Waals surface area contributed by atoms with E-state index in [0.29, 0.717) is 30.4 Å². The van der Waals surface area contributed by atoms with Crippen molar-refractivity contribution < 1.29 is 17.6 Å². The summed E-state index contributed by atoms with van der Waals surface area (Å²) < 4.78 is 55.6. The monoisotopic (exact) mass is 470 g/mol. The number of pyridine rings is 1. The topological polar surface area (TPSA) is 99.3 Å². The van der Waals surface area contributed by atoms with E-state index in [4.69, 9.17) is 0 Å². The Hall–Kier alpha value is -4.01. The van der Waals surface area contributed by atoms with Crippen molar-refractivity contribution in [2.75, 3.05) is 18.0 Å². The van der Waals surface area contributed by atoms with Gasteiger partial charge in [0.05, 0.1) is 36.0 Å². The van der Waals surface area contributed by atoms with Crippen LogP contribution in [0.1, 0.15) is 24.4 Å². The molecular formula is C22H18F4N8. The van der Waals surface area contributed by atoms with E-state index in [0.717, 1.165) is 17.1 Å². The normalized spacial score (nSPS) is 17.3. The van der Waals surface area contributed by atoms with Gasteiger partial charge in [0.1, 0.15) is 12.0 Å². The van der Waals surface area contributed by atoms with E-state index in [9.17, 15) is 22.8 Å². The second kappa shape index (κ2) is 8.40. The summed E-state index contributed by atoms with van der Waals surface area (Å²) in [6.45, 7) is 0.574. The molecule has 1 aliphatic rings. The molecule has 0 amide bonds. The van der Waals surface area contributed by atoms with Crippen LogP contribution in [0.3, 0.4) is 0 Å². The Balaban J connectivity index is 1.41. The zero-order valence-corrected chi connectivity index (χ0v) is 17.7. The maximum atomic E-state index is 14.6. The van der Waals surface area contributed by atoms with Gasteiger partial charge in [0.15, 0.2) is 11.6 Å². The van der Waals surface area contributed by atoms with Crippen LogP contribution in [-0.2, 0) is 6.18 Å². The van der Waals surface area contributed by atoms with Crippen molar-refractivity contribution in [3.05, 3.63) is 54.6 Å². The van der Waals surface area contributed by atoms with Crippen LogP contribution in [0.2, 0.25) is 0 Å². The van der Waals surface area contributed by atoms with E-state index >= 15 is 0 Å². The van der Waals surface area contributed by atoms with Crippen molar-refractivity contribution in [2.45, 2.75) is 25.1 Å². The first-order chi connectivity index (χ1) is 16.4. The average molecular weight is 470 g/mol. The highest BCUT2D eigenvalue weighted by atomic mass is 19.4. The Morgan fingerprint density at radius 3 is 2.88 bits per heavy atom. The first kappa shape index (κ1) is 21.8. The number of aromatic amines is 1. The number of aromatic nitrogens is 6. The Kier molecular flexibility index (Phi) is 5.39. The molecule has 4 aromatic heterocycles. The van der Waals surface area contributed by atoms with Gasteiger partial charge in [-0.1, -0.05) is 0 Å². The van der Waals surface area contributed by atoms with Crippen LogP contribution >= 0.6 is 0 Å². The summed E-state index contributed by atoms with van der Waals surface area (Å²) in [7, 11) is 0. The number of hydrogen-bond acceptors (Lipinski definition) is 6. The molecule has 0 aromatic carbocycles. The van der Waals surface area contributed by atoms with Crippen LogP contribution in [0.15, 0.2) is 43.2 Å². The molecule has 1 aliphatic heterocycles. The van der Waals surface area contributed by atoms with Gasteiger partial charge in [0.25, 0.3) is 0 Å². The number of nitrogens with one attached hydrogen (secondary N) is 1. The Morgan fingerprint density at radius 2 is 2.09 bits per heavy atom. The molecule has 0 spiro atoms. The Bertz CT molecular complexity index is 1370. The average Bonchev–Trinajstić information content (AvgIpc) is 3.57. The third-order valence-electron chi connectivity index (χ3n) is 6.11. The summed E-state index contributed by atoms with van der Waals surface area (Å²) in [6.07, 6.45) is 3.51. The fourth-order valence-electron chi connectivity index (χ4n) is 4.48. The molecule has 12 heteroatoms. The minimum absolute atomic E-state index is 0.138. The van der Waals surface area contributed by atoms with Gasteiger partial charge in [-0.3, -0.25) is 4.68 Å². The summed E-state index contributed by atoms with van der Waals surface area (Å²) in [5.41, 5.74) is 0.785. The predicted octanol–water partition coefficient (Wildman–Crippen LogP) is 4.36. The van der Waals surface area contributed by atoms with Crippen LogP contribution in [0.5, 0.6) is 0 Å². The molecule has 0 saturated carbocycles. The zero-order valence-electron chi connectivity index (χ0n) is 17.7. The summed E-state index contributed by atoms with van der Waals surface area (Å²) in [5.74, 6) is -1.85. The summed E-state index contributed by atoms with van der Waals surface area (Å²) in [6, 6.07) is 4.31. The smallest absolute Gasteiger partial charge is 0.354 e. The lowest BCUT2D eigenvalue weighted by molar-refractivity contribution is -0.140. The number of H-pyrrole nitrogens is 1. The van der Waals surface area contributed by atoms with E-state index in [2.05, 4.69) is 31.1 Å². The third kappa shape index (κ3) is 3.83. The van der Waals surface area contributed by atoms with Gasteiger partial charge in [0.2, 0.25) is 0 Å². The molecule has 34 heavy (non-hydrogen) atoms. The fraction of sp³-hybridized carbons (Fsp3) is 0.318. The lowest BCUT2D eigenvalue weighted by atomic mass is 9.96. The molecule has 5 rings (SSSR count). The summed E-state index contributed by atoms with van der Waals surface area (Å²) in [4.78, 5) is 16.9. The fourth-order valence-corrected chi connectivity index (χ4v) is 4.48. The first-order valence-electron chi connectivity index (χ1n) is 10.5. The van der Waals surface area contributed by atoms with Gasteiger partial charge < -0.3 is 9.88 Å². The number of hydrogen-bond donors (Lipinski definition) is 1. The number of nitriles is 1. The number of nitrogens with zero attached hydrogens (tertiary/aromatic N) is 7. The summed E-state index contributed by atoms with van der Waals surface area (Å²) in [5, 5.41) is 14.7. The van der Waals surface area contributed by atoms with Crippen molar-refractivity contribution in [2.24, 2.45) is 5.92 Å². The minimum Gasteiger partial charge on any atom is -0.354 e. The largest absolute Gasteiger partial charge is 0.419 e. The van der Waals surface area contributed by atoms with Gasteiger partial charge in [0, 0.05) is 48.5 Å². The molecule has 2 unspecified atom stereocenters. The number of fused-ring (bicyclic) bond motifs is 1. The molecule has 4 aromatic rings. The Morgan fingerprint density at radius 1 is 1.24 bits per heavy atom. The van der Waals surface area contributed by atoms with Gasteiger partial charge in [-0.15, -0.1) is 0 Å². The maximum absolute atomic E-state index is 14.6. The summed E-state index contributed by atoms with van der Waals surface area (Å²) >= 11 is 0. The minimum atomic E-state index is -4.80. The molecule has 8 nitrogen and oxygen atoms in total. The van der Waals surface area contributed by atoms with Crippen molar-refractivity contribution in [1.82, 2.24) is 29.7 Å².